The van der Waals surface area contributed by atoms with Crippen LogP contribution in [0.3, 0.4) is 0 Å². The summed E-state index contributed by atoms with van der Waals surface area (Å²) in [6.45, 7) is 6.40. The maximum absolute atomic E-state index is 12.8. The molecule has 0 aliphatic rings. The van der Waals surface area contributed by atoms with Crippen molar-refractivity contribution in [3.63, 3.8) is 0 Å². The maximum Gasteiger partial charge on any atom is 0.306 e. The van der Waals surface area contributed by atoms with Gasteiger partial charge in [0.1, 0.15) is 13.2 Å². The van der Waals surface area contributed by atoms with E-state index in [1.165, 1.54) is 64.2 Å². The molecule has 0 saturated heterocycles. The van der Waals surface area contributed by atoms with Gasteiger partial charge < -0.3 is 14.2 Å². The Labute approximate surface area is 480 Å². The Bertz CT molecular complexity index is 1710. The molecule has 0 amide bonds. The third-order valence-electron chi connectivity index (χ3n) is 13.0. The molecule has 0 rings (SSSR count). The molecule has 1 atom stereocenters. The number of unbranched alkanes of at least 4 members (excludes halogenated alkanes) is 21. The topological polar surface area (TPSA) is 78.9 Å². The summed E-state index contributed by atoms with van der Waals surface area (Å²) in [5.41, 5.74) is 0. The first-order chi connectivity index (χ1) is 38.5. The first-order valence-electron chi connectivity index (χ1n) is 31.8. The Hall–Kier alpha value is -4.71. The van der Waals surface area contributed by atoms with Gasteiger partial charge in [-0.3, -0.25) is 14.4 Å². The summed E-state index contributed by atoms with van der Waals surface area (Å²) in [5.74, 6) is -0.932. The highest BCUT2D eigenvalue weighted by Gasteiger charge is 2.19. The van der Waals surface area contributed by atoms with Crippen LogP contribution < -0.4 is 0 Å². The van der Waals surface area contributed by atoms with Crippen molar-refractivity contribution < 1.29 is 28.6 Å². The minimum Gasteiger partial charge on any atom is -0.462 e. The van der Waals surface area contributed by atoms with Crippen LogP contribution >= 0.6 is 0 Å². The van der Waals surface area contributed by atoms with Gasteiger partial charge in [-0.1, -0.05) is 256 Å². The summed E-state index contributed by atoms with van der Waals surface area (Å²) in [5, 5.41) is 0. The van der Waals surface area contributed by atoms with Crippen LogP contribution in [0.5, 0.6) is 0 Å². The predicted molar refractivity (Wildman–Crippen MR) is 339 cm³/mol. The Kier molecular flexibility index (Phi) is 60.9. The fourth-order valence-corrected chi connectivity index (χ4v) is 8.29. The molecule has 0 aliphatic carbocycles. The van der Waals surface area contributed by atoms with E-state index in [-0.39, 0.29) is 31.1 Å². The molecule has 0 bridgehead atoms. The summed E-state index contributed by atoms with van der Waals surface area (Å²) in [6, 6.07) is 0. The average molecular weight is 1080 g/mol. The third-order valence-corrected chi connectivity index (χ3v) is 13.0. The van der Waals surface area contributed by atoms with Crippen LogP contribution in [0.25, 0.3) is 0 Å². The fourth-order valence-electron chi connectivity index (χ4n) is 8.29. The van der Waals surface area contributed by atoms with Crippen LogP contribution in [0.4, 0.5) is 0 Å². The van der Waals surface area contributed by atoms with Gasteiger partial charge in [0.25, 0.3) is 0 Å². The van der Waals surface area contributed by atoms with Crippen molar-refractivity contribution in [3.05, 3.63) is 146 Å². The van der Waals surface area contributed by atoms with Gasteiger partial charge in [-0.15, -0.1) is 0 Å². The zero-order valence-electron chi connectivity index (χ0n) is 50.4. The van der Waals surface area contributed by atoms with Crippen LogP contribution in [0.15, 0.2) is 146 Å². The van der Waals surface area contributed by atoms with Crippen molar-refractivity contribution in [3.8, 4) is 0 Å². The van der Waals surface area contributed by atoms with Crippen molar-refractivity contribution in [2.24, 2.45) is 0 Å². The van der Waals surface area contributed by atoms with Gasteiger partial charge in [0, 0.05) is 19.3 Å². The highest BCUT2D eigenvalue weighted by Crippen LogP contribution is 2.14. The van der Waals surface area contributed by atoms with Gasteiger partial charge in [-0.2, -0.15) is 0 Å². The molecule has 0 heterocycles. The first kappa shape index (κ1) is 73.3. The number of carbonyl (C=O) groups excluding carboxylic acids is 3. The molecule has 0 radical (unpaired) electrons. The molecule has 78 heavy (non-hydrogen) atoms. The Morgan fingerprint density at radius 3 is 0.846 bits per heavy atom. The number of carbonyl (C=O) groups is 3. The lowest BCUT2D eigenvalue weighted by Crippen LogP contribution is -2.30. The van der Waals surface area contributed by atoms with Crippen LogP contribution in [-0.2, 0) is 28.6 Å². The van der Waals surface area contributed by atoms with Crippen molar-refractivity contribution >= 4 is 17.9 Å². The number of esters is 3. The minimum atomic E-state index is -0.798. The van der Waals surface area contributed by atoms with Crippen molar-refractivity contribution in [1.82, 2.24) is 0 Å². The molecule has 0 spiro atoms. The van der Waals surface area contributed by atoms with Gasteiger partial charge in [0.05, 0.1) is 0 Å². The molecule has 0 aromatic rings. The monoisotopic (exact) mass is 1080 g/mol. The highest BCUT2D eigenvalue weighted by atomic mass is 16.6. The number of hydrogen-bond donors (Lipinski definition) is 0. The zero-order valence-corrected chi connectivity index (χ0v) is 50.4. The summed E-state index contributed by atoms with van der Waals surface area (Å²) < 4.78 is 16.8. The van der Waals surface area contributed by atoms with Crippen LogP contribution in [0, 0.1) is 0 Å². The smallest absolute Gasteiger partial charge is 0.306 e. The molecule has 6 nitrogen and oxygen atoms in total. The standard InChI is InChI=1S/C72H116O6/c1-4-7-10-13-16-19-22-25-26-27-28-29-30-31-32-33-34-35-36-37-38-39-40-41-42-43-44-45-46-48-50-53-56-59-62-65-71(74)77-68-69(67-76-70(73)64-61-58-55-52-49-24-21-18-15-12-9-6-3)78-72(75)66-63-60-57-54-51-47-23-20-17-14-11-8-5-2/h7,10-11,14,16,18-21,23,25-26,28-29,31-32,34-35,37-38,40-41,43-44,69H,4-6,8-9,12-13,15,17,22,24,27,30,33,36,39,42,45-68H2,1-3H3/b10-7-,14-11-,19-16-,21-18-,23-20-,26-25-,29-28-,32-31-,35-34-,38-37-,41-40-,44-43-. The zero-order chi connectivity index (χ0) is 56.4. The molecule has 1 unspecified atom stereocenters. The number of allylic oxidation sites excluding steroid dienone is 24. The first-order valence-corrected chi connectivity index (χ1v) is 31.8. The van der Waals surface area contributed by atoms with E-state index in [1.54, 1.807) is 0 Å². The molecule has 0 fully saturated rings. The van der Waals surface area contributed by atoms with Gasteiger partial charge >= 0.3 is 17.9 Å². The normalized spacial score (nSPS) is 13.1. The summed E-state index contributed by atoms with van der Waals surface area (Å²) >= 11 is 0. The van der Waals surface area contributed by atoms with E-state index in [1.807, 2.05) is 0 Å². The second kappa shape index (κ2) is 64.8. The van der Waals surface area contributed by atoms with E-state index in [4.69, 9.17) is 14.2 Å². The third kappa shape index (κ3) is 62.1. The van der Waals surface area contributed by atoms with E-state index in [0.717, 1.165) is 167 Å². The van der Waals surface area contributed by atoms with Crippen molar-refractivity contribution in [2.75, 3.05) is 13.2 Å². The maximum atomic E-state index is 12.8. The van der Waals surface area contributed by atoms with Gasteiger partial charge in [0.15, 0.2) is 6.10 Å². The van der Waals surface area contributed by atoms with Crippen molar-refractivity contribution in [2.45, 2.75) is 277 Å². The molecular formula is C72H116O6. The lowest BCUT2D eigenvalue weighted by molar-refractivity contribution is -0.167. The second-order valence-corrected chi connectivity index (χ2v) is 20.6. The largest absolute Gasteiger partial charge is 0.462 e. The van der Waals surface area contributed by atoms with E-state index < -0.39 is 6.10 Å². The molecular weight excluding hydrogens is 961 g/mol. The molecule has 0 aliphatic heterocycles. The van der Waals surface area contributed by atoms with Gasteiger partial charge in [-0.25, -0.2) is 0 Å². The Morgan fingerprint density at radius 2 is 0.526 bits per heavy atom. The second-order valence-electron chi connectivity index (χ2n) is 20.6. The van der Waals surface area contributed by atoms with Crippen LogP contribution in [-0.4, -0.2) is 37.2 Å². The van der Waals surface area contributed by atoms with Crippen molar-refractivity contribution in [1.29, 1.82) is 0 Å². The summed E-state index contributed by atoms with van der Waals surface area (Å²) in [6.07, 6.45) is 92.9. The summed E-state index contributed by atoms with van der Waals surface area (Å²) in [7, 11) is 0. The fraction of sp³-hybridized carbons (Fsp3) is 0.625. The molecule has 440 valence electrons. The van der Waals surface area contributed by atoms with Crippen LogP contribution in [0.2, 0.25) is 0 Å². The number of hydrogen-bond acceptors (Lipinski definition) is 6. The highest BCUT2D eigenvalue weighted by molar-refractivity contribution is 5.71. The van der Waals surface area contributed by atoms with E-state index >= 15 is 0 Å². The molecule has 0 aromatic carbocycles. The Morgan fingerprint density at radius 1 is 0.269 bits per heavy atom. The van der Waals surface area contributed by atoms with E-state index in [2.05, 4.69) is 167 Å². The molecule has 0 N–H and O–H groups in total. The van der Waals surface area contributed by atoms with Gasteiger partial charge in [-0.05, 0) is 141 Å². The van der Waals surface area contributed by atoms with Crippen LogP contribution in [0.1, 0.15) is 271 Å². The number of ether oxygens (including phenoxy) is 3. The Balaban J connectivity index is 4.24. The predicted octanol–water partition coefficient (Wildman–Crippen LogP) is 21.9. The lowest BCUT2D eigenvalue weighted by Gasteiger charge is -2.18. The van der Waals surface area contributed by atoms with E-state index in [0.29, 0.717) is 19.3 Å². The molecule has 6 heteroatoms. The SMILES string of the molecule is CC/C=C\C/C=C\C/C=C\C/C=C\C/C=C\C/C=C\C/C=C\C/C=C\C/C=C\CCCCCCCCCC(=O)OCC(COC(=O)CCCCCCC/C=C\CCCCC)OC(=O)CCCCCCC/C=C\C/C=C\CCC. The number of rotatable bonds is 56. The average Bonchev–Trinajstić information content (AvgIpc) is 3.44. The lowest BCUT2D eigenvalue weighted by atomic mass is 10.1. The minimum absolute atomic E-state index is 0.0949. The van der Waals surface area contributed by atoms with E-state index in [9.17, 15) is 14.4 Å². The molecule has 0 saturated carbocycles. The summed E-state index contributed by atoms with van der Waals surface area (Å²) in [4.78, 5) is 38.2. The quantitative estimate of drug-likeness (QED) is 0.0261. The van der Waals surface area contributed by atoms with Gasteiger partial charge in [0.2, 0.25) is 0 Å². The molecule has 0 aromatic heterocycles.